The van der Waals surface area contributed by atoms with E-state index >= 15 is 0 Å². The van der Waals surface area contributed by atoms with Crippen LogP contribution in [0.25, 0.3) is 11.1 Å². The highest BCUT2D eigenvalue weighted by molar-refractivity contribution is 6.31. The van der Waals surface area contributed by atoms with Crippen molar-refractivity contribution >= 4 is 23.2 Å². The number of hydrogen-bond acceptors (Lipinski definition) is 1. The average molecular weight is 384 g/mol. The van der Waals surface area contributed by atoms with Crippen LogP contribution in [0.4, 0.5) is 14.5 Å². The predicted octanol–water partition coefficient (Wildman–Crippen LogP) is 5.74. The van der Waals surface area contributed by atoms with E-state index in [0.29, 0.717) is 6.42 Å². The quantitative estimate of drug-likeness (QED) is 0.614. The minimum Gasteiger partial charge on any atom is -0.325 e. The molecular formula is C22H16ClF2NO. The van der Waals surface area contributed by atoms with Gasteiger partial charge in [-0.25, -0.2) is 8.78 Å². The molecule has 1 amide bonds. The molecule has 0 spiro atoms. The fraction of sp³-hybridized carbons (Fsp3) is 0.136. The Morgan fingerprint density at radius 3 is 2.33 bits per heavy atom. The Labute approximate surface area is 160 Å². The van der Waals surface area contributed by atoms with Crippen LogP contribution in [0.15, 0.2) is 60.7 Å². The molecule has 1 aliphatic heterocycles. The lowest BCUT2D eigenvalue weighted by Crippen LogP contribution is -2.33. The van der Waals surface area contributed by atoms with E-state index in [9.17, 15) is 13.6 Å². The SMILES string of the molecule is CC1(Cc2ccc(F)cc2)C(=O)Nc2ccc(-c3ccc(F)c(Cl)c3)cc21. The van der Waals surface area contributed by atoms with Gasteiger partial charge in [0, 0.05) is 5.69 Å². The predicted molar refractivity (Wildman–Crippen MR) is 103 cm³/mol. The molecule has 4 rings (SSSR count). The lowest BCUT2D eigenvalue weighted by Gasteiger charge is -2.23. The number of nitrogens with one attached hydrogen (secondary N) is 1. The molecule has 0 aliphatic carbocycles. The van der Waals surface area contributed by atoms with Crippen molar-refractivity contribution in [3.63, 3.8) is 0 Å². The van der Waals surface area contributed by atoms with Crippen LogP contribution in [0.5, 0.6) is 0 Å². The maximum absolute atomic E-state index is 13.5. The maximum Gasteiger partial charge on any atom is 0.235 e. The van der Waals surface area contributed by atoms with E-state index < -0.39 is 11.2 Å². The van der Waals surface area contributed by atoms with Gasteiger partial charge >= 0.3 is 0 Å². The molecule has 1 N–H and O–H groups in total. The standard InChI is InChI=1S/C22H16ClF2NO/c1-22(12-13-2-6-16(24)7-3-13)17-10-14(5-9-20(17)26-21(22)27)15-4-8-19(25)18(23)11-15/h2-11H,12H2,1H3,(H,26,27). The van der Waals surface area contributed by atoms with Crippen LogP contribution in [0, 0.1) is 11.6 Å². The van der Waals surface area contributed by atoms with Crippen LogP contribution in [0.2, 0.25) is 5.02 Å². The number of fused-ring (bicyclic) bond motifs is 1. The Kier molecular flexibility index (Phi) is 4.23. The molecule has 1 heterocycles. The summed E-state index contributed by atoms with van der Waals surface area (Å²) in [6.07, 6.45) is 0.444. The molecule has 0 saturated heterocycles. The molecule has 0 bridgehead atoms. The molecule has 3 aromatic rings. The lowest BCUT2D eigenvalue weighted by molar-refractivity contribution is -0.120. The zero-order valence-electron chi connectivity index (χ0n) is 14.5. The van der Waals surface area contributed by atoms with Crippen molar-refractivity contribution in [1.29, 1.82) is 0 Å². The second-order valence-corrected chi connectivity index (χ2v) is 7.39. The Morgan fingerprint density at radius 1 is 0.963 bits per heavy atom. The highest BCUT2D eigenvalue weighted by Gasteiger charge is 2.42. The van der Waals surface area contributed by atoms with Gasteiger partial charge in [0.15, 0.2) is 0 Å². The zero-order valence-corrected chi connectivity index (χ0v) is 15.3. The first-order valence-electron chi connectivity index (χ1n) is 8.53. The largest absolute Gasteiger partial charge is 0.325 e. The first-order chi connectivity index (χ1) is 12.9. The molecule has 0 radical (unpaired) electrons. The lowest BCUT2D eigenvalue weighted by atomic mass is 9.77. The maximum atomic E-state index is 13.5. The first kappa shape index (κ1) is 17.7. The van der Waals surface area contributed by atoms with Gasteiger partial charge in [0.2, 0.25) is 5.91 Å². The van der Waals surface area contributed by atoms with Crippen LogP contribution < -0.4 is 5.32 Å². The number of carbonyl (C=O) groups is 1. The molecule has 136 valence electrons. The number of anilines is 1. The zero-order chi connectivity index (χ0) is 19.2. The summed E-state index contributed by atoms with van der Waals surface area (Å²) >= 11 is 5.91. The Hall–Kier alpha value is -2.72. The molecule has 1 unspecified atom stereocenters. The minimum atomic E-state index is -0.785. The number of carbonyl (C=O) groups excluding carboxylic acids is 1. The van der Waals surface area contributed by atoms with Crippen LogP contribution in [0.3, 0.4) is 0 Å². The van der Waals surface area contributed by atoms with Crippen LogP contribution >= 0.6 is 11.6 Å². The second kappa shape index (κ2) is 6.46. The highest BCUT2D eigenvalue weighted by Crippen LogP contribution is 2.42. The molecule has 2 nitrogen and oxygen atoms in total. The number of rotatable bonds is 3. The van der Waals surface area contributed by atoms with Crippen molar-refractivity contribution in [3.8, 4) is 11.1 Å². The number of halogens is 3. The molecule has 0 fully saturated rings. The third-order valence-corrected chi connectivity index (χ3v) is 5.38. The van der Waals surface area contributed by atoms with Crippen molar-refractivity contribution < 1.29 is 13.6 Å². The van der Waals surface area contributed by atoms with Crippen LogP contribution in [-0.4, -0.2) is 5.91 Å². The van der Waals surface area contributed by atoms with E-state index in [2.05, 4.69) is 5.32 Å². The number of benzene rings is 3. The summed E-state index contributed by atoms with van der Waals surface area (Å²) in [5, 5.41) is 2.97. The fourth-order valence-corrected chi connectivity index (χ4v) is 3.71. The van der Waals surface area contributed by atoms with E-state index in [1.165, 1.54) is 18.2 Å². The van der Waals surface area contributed by atoms with Crippen molar-refractivity contribution in [2.45, 2.75) is 18.8 Å². The third-order valence-electron chi connectivity index (χ3n) is 5.09. The van der Waals surface area contributed by atoms with Gasteiger partial charge in [0.05, 0.1) is 10.4 Å². The van der Waals surface area contributed by atoms with Crippen molar-refractivity contribution in [2.75, 3.05) is 5.32 Å². The summed E-state index contributed by atoms with van der Waals surface area (Å²) in [4.78, 5) is 12.7. The monoisotopic (exact) mass is 383 g/mol. The average Bonchev–Trinajstić information content (AvgIpc) is 2.89. The molecule has 5 heteroatoms. The van der Waals surface area contributed by atoms with E-state index in [1.54, 1.807) is 24.3 Å². The van der Waals surface area contributed by atoms with Crippen molar-refractivity contribution in [1.82, 2.24) is 0 Å². The summed E-state index contributed by atoms with van der Waals surface area (Å²) in [7, 11) is 0. The first-order valence-corrected chi connectivity index (χ1v) is 8.90. The van der Waals surface area contributed by atoms with Crippen LogP contribution in [0.1, 0.15) is 18.1 Å². The molecular weight excluding hydrogens is 368 g/mol. The smallest absolute Gasteiger partial charge is 0.235 e. The Bertz CT molecular complexity index is 1050. The summed E-state index contributed by atoms with van der Waals surface area (Å²) in [6.45, 7) is 1.87. The summed E-state index contributed by atoms with van der Waals surface area (Å²) in [5.41, 5.74) is 3.31. The van der Waals surface area contributed by atoms with E-state index in [4.69, 9.17) is 11.6 Å². The molecule has 27 heavy (non-hydrogen) atoms. The highest BCUT2D eigenvalue weighted by atomic mass is 35.5. The van der Waals surface area contributed by atoms with Crippen molar-refractivity contribution in [2.24, 2.45) is 0 Å². The normalized spacial score (nSPS) is 18.3. The third kappa shape index (κ3) is 3.10. The summed E-state index contributed by atoms with van der Waals surface area (Å²) in [5.74, 6) is -0.883. The van der Waals surface area contributed by atoms with E-state index in [0.717, 1.165) is 27.9 Å². The molecule has 3 aromatic carbocycles. The fourth-order valence-electron chi connectivity index (χ4n) is 3.53. The molecule has 0 saturated carbocycles. The minimum absolute atomic E-state index is 0.0521. The van der Waals surface area contributed by atoms with Gasteiger partial charge in [-0.1, -0.05) is 35.9 Å². The number of hydrogen-bond donors (Lipinski definition) is 1. The van der Waals surface area contributed by atoms with Gasteiger partial charge in [-0.05, 0) is 72.0 Å². The molecule has 1 atom stereocenters. The summed E-state index contributed by atoms with van der Waals surface area (Å²) in [6, 6.07) is 16.4. The van der Waals surface area contributed by atoms with Gasteiger partial charge < -0.3 is 5.32 Å². The van der Waals surface area contributed by atoms with Gasteiger partial charge in [-0.15, -0.1) is 0 Å². The number of amides is 1. The Balaban J connectivity index is 1.76. The summed E-state index contributed by atoms with van der Waals surface area (Å²) < 4.78 is 26.7. The van der Waals surface area contributed by atoms with Crippen LogP contribution in [-0.2, 0) is 16.6 Å². The van der Waals surface area contributed by atoms with E-state index in [-0.39, 0.29) is 16.7 Å². The van der Waals surface area contributed by atoms with E-state index in [1.807, 2.05) is 25.1 Å². The second-order valence-electron chi connectivity index (χ2n) is 6.98. The van der Waals surface area contributed by atoms with Crippen molar-refractivity contribution in [3.05, 3.63) is 88.4 Å². The van der Waals surface area contributed by atoms with Gasteiger partial charge in [0.25, 0.3) is 0 Å². The molecule has 1 aliphatic rings. The van der Waals surface area contributed by atoms with Gasteiger partial charge in [-0.2, -0.15) is 0 Å². The van der Waals surface area contributed by atoms with Gasteiger partial charge in [0.1, 0.15) is 11.6 Å². The molecule has 0 aromatic heterocycles. The Morgan fingerprint density at radius 2 is 1.63 bits per heavy atom. The van der Waals surface area contributed by atoms with Gasteiger partial charge in [-0.3, -0.25) is 4.79 Å². The topological polar surface area (TPSA) is 29.1 Å².